The number of carbonyl (C=O) groups is 3. The van der Waals surface area contributed by atoms with Crippen LogP contribution in [0.1, 0.15) is 25.0 Å². The first-order valence-electron chi connectivity index (χ1n) is 8.99. The molecule has 2 heterocycles. The van der Waals surface area contributed by atoms with E-state index in [-0.39, 0.29) is 24.3 Å². The van der Waals surface area contributed by atoms with Gasteiger partial charge >= 0.3 is 6.03 Å². The van der Waals surface area contributed by atoms with E-state index < -0.39 is 12.1 Å². The van der Waals surface area contributed by atoms with Crippen LogP contribution >= 0.6 is 0 Å². The number of urea groups is 1. The summed E-state index contributed by atoms with van der Waals surface area (Å²) in [5.41, 5.74) is 2.08. The van der Waals surface area contributed by atoms with Crippen molar-refractivity contribution in [3.8, 4) is 11.5 Å². The third-order valence-corrected chi connectivity index (χ3v) is 5.09. The second-order valence-corrected chi connectivity index (χ2v) is 7.14. The molecule has 0 aliphatic carbocycles. The Labute approximate surface area is 158 Å². The molecule has 1 atom stereocenters. The summed E-state index contributed by atoms with van der Waals surface area (Å²) in [6, 6.07) is 2.73. The fraction of sp³-hybridized carbons (Fsp3) is 0.526. The van der Waals surface area contributed by atoms with Gasteiger partial charge in [0.1, 0.15) is 12.6 Å². The van der Waals surface area contributed by atoms with E-state index in [4.69, 9.17) is 9.47 Å². The summed E-state index contributed by atoms with van der Waals surface area (Å²) < 4.78 is 10.7. The lowest BCUT2D eigenvalue weighted by Gasteiger charge is -2.30. The molecule has 2 aliphatic heterocycles. The van der Waals surface area contributed by atoms with Crippen LogP contribution in [0.4, 0.5) is 4.79 Å². The largest absolute Gasteiger partial charge is 0.493 e. The van der Waals surface area contributed by atoms with Crippen LogP contribution in [0.5, 0.6) is 11.5 Å². The van der Waals surface area contributed by atoms with Gasteiger partial charge in [0.05, 0.1) is 14.2 Å². The molecule has 1 N–H and O–H groups in total. The highest BCUT2D eigenvalue weighted by atomic mass is 16.5. The number of hydrogen-bond donors (Lipinski definition) is 1. The lowest BCUT2D eigenvalue weighted by molar-refractivity contribution is -0.138. The number of nitrogens with one attached hydrogen (secondary N) is 1. The Morgan fingerprint density at radius 1 is 1.19 bits per heavy atom. The maximum absolute atomic E-state index is 12.7. The predicted molar refractivity (Wildman–Crippen MR) is 97.5 cm³/mol. The van der Waals surface area contributed by atoms with Crippen molar-refractivity contribution in [2.75, 3.05) is 27.3 Å². The van der Waals surface area contributed by atoms with Gasteiger partial charge < -0.3 is 19.7 Å². The van der Waals surface area contributed by atoms with E-state index in [1.54, 1.807) is 19.1 Å². The topological polar surface area (TPSA) is 88.2 Å². The molecule has 1 unspecified atom stereocenters. The third-order valence-electron chi connectivity index (χ3n) is 5.09. The van der Waals surface area contributed by atoms with Gasteiger partial charge in [-0.3, -0.25) is 14.5 Å². The van der Waals surface area contributed by atoms with Crippen molar-refractivity contribution in [1.82, 2.24) is 15.1 Å². The fourth-order valence-electron chi connectivity index (χ4n) is 3.47. The van der Waals surface area contributed by atoms with Crippen LogP contribution in [0.2, 0.25) is 0 Å². The van der Waals surface area contributed by atoms with Crippen molar-refractivity contribution >= 4 is 17.8 Å². The molecule has 4 amide bonds. The smallest absolute Gasteiger partial charge is 0.325 e. The van der Waals surface area contributed by atoms with E-state index in [1.807, 2.05) is 26.0 Å². The van der Waals surface area contributed by atoms with Crippen LogP contribution in [0.3, 0.4) is 0 Å². The maximum Gasteiger partial charge on any atom is 0.325 e. The average molecular weight is 375 g/mol. The molecule has 2 aliphatic rings. The number of benzene rings is 1. The number of amides is 4. The summed E-state index contributed by atoms with van der Waals surface area (Å²) in [7, 11) is 3.16. The van der Waals surface area contributed by atoms with Crippen LogP contribution in [0, 0.1) is 5.92 Å². The van der Waals surface area contributed by atoms with Crippen molar-refractivity contribution in [2.45, 2.75) is 32.9 Å². The molecule has 8 nitrogen and oxygen atoms in total. The van der Waals surface area contributed by atoms with E-state index in [0.717, 1.165) is 16.0 Å². The van der Waals surface area contributed by atoms with Gasteiger partial charge in [-0.1, -0.05) is 13.8 Å². The Morgan fingerprint density at radius 3 is 2.37 bits per heavy atom. The molecular weight excluding hydrogens is 350 g/mol. The molecule has 146 valence electrons. The van der Waals surface area contributed by atoms with Gasteiger partial charge in [-0.15, -0.1) is 0 Å². The minimum absolute atomic E-state index is 0.0224. The molecule has 1 aromatic carbocycles. The van der Waals surface area contributed by atoms with E-state index >= 15 is 0 Å². The molecule has 0 aromatic heterocycles. The number of ether oxygens (including phenoxy) is 2. The van der Waals surface area contributed by atoms with Crippen LogP contribution < -0.4 is 14.8 Å². The van der Waals surface area contributed by atoms with Crippen molar-refractivity contribution in [3.63, 3.8) is 0 Å². The van der Waals surface area contributed by atoms with Crippen LogP contribution in [0.15, 0.2) is 12.1 Å². The number of rotatable bonds is 5. The molecule has 1 saturated heterocycles. The Morgan fingerprint density at radius 2 is 1.81 bits per heavy atom. The SMILES string of the molecule is COc1cc2c(cc1OC)CN(C(=O)CN1C(=O)NC(C(C)C)C1=O)CC2. The Balaban J connectivity index is 1.71. The van der Waals surface area contributed by atoms with Crippen molar-refractivity contribution in [2.24, 2.45) is 5.92 Å². The number of nitrogens with zero attached hydrogens (tertiary/aromatic N) is 2. The predicted octanol–water partition coefficient (Wildman–Crippen LogP) is 1.16. The first kappa shape index (κ1) is 19.0. The normalized spacial score (nSPS) is 19.2. The molecule has 0 radical (unpaired) electrons. The number of fused-ring (bicyclic) bond motifs is 1. The second-order valence-electron chi connectivity index (χ2n) is 7.14. The van der Waals surface area contributed by atoms with Gasteiger partial charge in [-0.25, -0.2) is 4.79 Å². The minimum Gasteiger partial charge on any atom is -0.493 e. The van der Waals surface area contributed by atoms with E-state index in [9.17, 15) is 14.4 Å². The molecule has 1 fully saturated rings. The molecule has 0 saturated carbocycles. The summed E-state index contributed by atoms with van der Waals surface area (Å²) in [5, 5.41) is 2.64. The highest BCUT2D eigenvalue weighted by Crippen LogP contribution is 2.33. The lowest BCUT2D eigenvalue weighted by Crippen LogP contribution is -2.45. The summed E-state index contributed by atoms with van der Waals surface area (Å²) in [5.74, 6) is 0.663. The van der Waals surface area contributed by atoms with E-state index in [1.165, 1.54) is 0 Å². The highest BCUT2D eigenvalue weighted by Gasteiger charge is 2.41. The van der Waals surface area contributed by atoms with Gasteiger partial charge in [0, 0.05) is 13.1 Å². The van der Waals surface area contributed by atoms with Crippen molar-refractivity contribution in [1.29, 1.82) is 0 Å². The van der Waals surface area contributed by atoms with Crippen molar-refractivity contribution < 1.29 is 23.9 Å². The van der Waals surface area contributed by atoms with Crippen molar-refractivity contribution in [3.05, 3.63) is 23.3 Å². The monoisotopic (exact) mass is 375 g/mol. The van der Waals surface area contributed by atoms with Gasteiger partial charge in [0.2, 0.25) is 5.91 Å². The molecular formula is C19H25N3O5. The third kappa shape index (κ3) is 3.56. The zero-order valence-electron chi connectivity index (χ0n) is 16.1. The second kappa shape index (κ2) is 7.46. The molecule has 1 aromatic rings. The number of hydrogen-bond acceptors (Lipinski definition) is 5. The molecule has 0 bridgehead atoms. The van der Waals surface area contributed by atoms with Gasteiger partial charge in [0.25, 0.3) is 5.91 Å². The zero-order chi connectivity index (χ0) is 19.7. The first-order chi connectivity index (χ1) is 12.8. The number of imide groups is 1. The van der Waals surface area contributed by atoms with Crippen LogP contribution in [0.25, 0.3) is 0 Å². The standard InChI is InChI=1S/C19H25N3O5/c1-11(2)17-18(24)22(19(25)20-17)10-16(23)21-6-5-12-7-14(26-3)15(27-4)8-13(12)9-21/h7-8,11,17H,5-6,9-10H2,1-4H3,(H,20,25). The fourth-order valence-corrected chi connectivity index (χ4v) is 3.47. The summed E-state index contributed by atoms with van der Waals surface area (Å²) in [4.78, 5) is 39.8. The molecule has 8 heteroatoms. The summed E-state index contributed by atoms with van der Waals surface area (Å²) >= 11 is 0. The summed E-state index contributed by atoms with van der Waals surface area (Å²) in [6.45, 7) is 4.41. The minimum atomic E-state index is -0.566. The maximum atomic E-state index is 12.7. The lowest BCUT2D eigenvalue weighted by atomic mass is 9.98. The Kier molecular flexibility index (Phi) is 5.25. The van der Waals surface area contributed by atoms with E-state index in [0.29, 0.717) is 31.0 Å². The Bertz CT molecular complexity index is 777. The van der Waals surface area contributed by atoms with E-state index in [2.05, 4.69) is 5.32 Å². The number of methoxy groups -OCH3 is 2. The number of carbonyl (C=O) groups excluding carboxylic acids is 3. The zero-order valence-corrected chi connectivity index (χ0v) is 16.1. The Hall–Kier alpha value is -2.77. The van der Waals surface area contributed by atoms with Crippen LogP contribution in [-0.2, 0) is 22.6 Å². The quantitative estimate of drug-likeness (QED) is 0.781. The highest BCUT2D eigenvalue weighted by molar-refractivity contribution is 6.06. The van der Waals surface area contributed by atoms with Gasteiger partial charge in [-0.05, 0) is 35.6 Å². The van der Waals surface area contributed by atoms with Gasteiger partial charge in [0.15, 0.2) is 11.5 Å². The molecule has 0 spiro atoms. The van der Waals surface area contributed by atoms with Gasteiger partial charge in [-0.2, -0.15) is 0 Å². The molecule has 27 heavy (non-hydrogen) atoms. The average Bonchev–Trinajstić information content (AvgIpc) is 2.94. The molecule has 3 rings (SSSR count). The first-order valence-corrected chi connectivity index (χ1v) is 8.99. The van der Waals surface area contributed by atoms with Crippen LogP contribution in [-0.4, -0.2) is 61.0 Å². The summed E-state index contributed by atoms with van der Waals surface area (Å²) in [6.07, 6.45) is 0.677.